The van der Waals surface area contributed by atoms with Gasteiger partial charge in [0.25, 0.3) is 0 Å². The molecule has 5 nitrogen and oxygen atoms in total. The van der Waals surface area contributed by atoms with E-state index in [4.69, 9.17) is 5.26 Å². The summed E-state index contributed by atoms with van der Waals surface area (Å²) in [6, 6.07) is 8.04. The molecule has 0 N–H and O–H groups in total. The molecule has 0 saturated carbocycles. The fourth-order valence-corrected chi connectivity index (χ4v) is 2.69. The minimum Gasteiger partial charge on any atom is -0.292 e. The van der Waals surface area contributed by atoms with Crippen LogP contribution >= 0.6 is 0 Å². The second-order valence-electron chi connectivity index (χ2n) is 6.24. The summed E-state index contributed by atoms with van der Waals surface area (Å²) < 4.78 is 15.7. The van der Waals surface area contributed by atoms with E-state index in [0.29, 0.717) is 35.3 Å². The van der Waals surface area contributed by atoms with Gasteiger partial charge in [-0.1, -0.05) is 27.2 Å². The third-order valence-corrected chi connectivity index (χ3v) is 3.82. The highest BCUT2D eigenvalue weighted by molar-refractivity contribution is 6.01. The number of ketones is 1. The van der Waals surface area contributed by atoms with Gasteiger partial charge in [-0.2, -0.15) is 10.4 Å². The van der Waals surface area contributed by atoms with Gasteiger partial charge in [-0.3, -0.25) is 4.79 Å². The lowest BCUT2D eigenvalue weighted by Crippen LogP contribution is -2.04. The SMILES string of the molecule is CCC.CCCC(=O)c1nc2cccnn2c1-c1cc(F)c(C#N)cc1C. The van der Waals surface area contributed by atoms with E-state index in [9.17, 15) is 9.18 Å². The van der Waals surface area contributed by atoms with E-state index in [1.165, 1.54) is 23.1 Å². The largest absolute Gasteiger partial charge is 0.292 e. The Morgan fingerprint density at radius 2 is 2.00 bits per heavy atom. The molecule has 0 radical (unpaired) electrons. The summed E-state index contributed by atoms with van der Waals surface area (Å²) in [6.45, 7) is 7.93. The summed E-state index contributed by atoms with van der Waals surface area (Å²) in [5, 5.41) is 13.2. The van der Waals surface area contributed by atoms with Crippen LogP contribution in [0.5, 0.6) is 0 Å². The summed E-state index contributed by atoms with van der Waals surface area (Å²) >= 11 is 0. The lowest BCUT2D eigenvalue weighted by Gasteiger charge is -2.08. The molecule has 0 amide bonds. The Morgan fingerprint density at radius 1 is 1.30 bits per heavy atom. The van der Waals surface area contributed by atoms with Crippen LogP contribution in [0.25, 0.3) is 16.9 Å². The van der Waals surface area contributed by atoms with Gasteiger partial charge in [-0.15, -0.1) is 0 Å². The zero-order chi connectivity index (χ0) is 20.0. The highest BCUT2D eigenvalue weighted by Crippen LogP contribution is 2.30. The van der Waals surface area contributed by atoms with Crippen LogP contribution in [0.15, 0.2) is 30.5 Å². The van der Waals surface area contributed by atoms with E-state index in [0.717, 1.165) is 0 Å². The molecule has 140 valence electrons. The third-order valence-electron chi connectivity index (χ3n) is 3.82. The molecule has 3 rings (SSSR count). The summed E-state index contributed by atoms with van der Waals surface area (Å²) in [5.74, 6) is -0.736. The van der Waals surface area contributed by atoms with Crippen molar-refractivity contribution >= 4 is 11.4 Å². The monoisotopic (exact) mass is 366 g/mol. The number of benzene rings is 1. The van der Waals surface area contributed by atoms with Gasteiger partial charge in [-0.25, -0.2) is 13.9 Å². The van der Waals surface area contributed by atoms with Crippen LogP contribution < -0.4 is 0 Å². The maximum absolute atomic E-state index is 14.1. The lowest BCUT2D eigenvalue weighted by molar-refractivity contribution is 0.0978. The molecular weight excluding hydrogens is 343 g/mol. The van der Waals surface area contributed by atoms with Crippen LogP contribution in [0, 0.1) is 24.1 Å². The number of fused-ring (bicyclic) bond motifs is 1. The maximum atomic E-state index is 14.1. The number of aryl methyl sites for hydroxylation is 1. The molecule has 0 saturated heterocycles. The minimum absolute atomic E-state index is 0.0283. The number of imidazole rings is 1. The number of halogens is 1. The van der Waals surface area contributed by atoms with Crippen LogP contribution in [-0.2, 0) is 0 Å². The van der Waals surface area contributed by atoms with Crippen LogP contribution in [0.3, 0.4) is 0 Å². The minimum atomic E-state index is -0.627. The molecule has 1 aromatic carbocycles. The molecule has 6 heteroatoms. The van der Waals surface area contributed by atoms with Crippen LogP contribution in [0.2, 0.25) is 0 Å². The first kappa shape index (κ1) is 20.2. The molecule has 27 heavy (non-hydrogen) atoms. The summed E-state index contributed by atoms with van der Waals surface area (Å²) in [4.78, 5) is 16.9. The smallest absolute Gasteiger partial charge is 0.183 e. The van der Waals surface area contributed by atoms with Gasteiger partial charge in [-0.05, 0) is 43.2 Å². The average molecular weight is 366 g/mol. The van der Waals surface area contributed by atoms with Crippen molar-refractivity contribution < 1.29 is 9.18 Å². The van der Waals surface area contributed by atoms with Gasteiger partial charge in [0.2, 0.25) is 0 Å². The van der Waals surface area contributed by atoms with E-state index in [2.05, 4.69) is 23.9 Å². The number of nitriles is 1. The molecule has 0 aliphatic heterocycles. The number of aromatic nitrogens is 3. The molecule has 2 heterocycles. The van der Waals surface area contributed by atoms with Crippen molar-refractivity contribution in [1.82, 2.24) is 14.6 Å². The summed E-state index contributed by atoms with van der Waals surface area (Å²) in [5.41, 5.74) is 2.44. The molecule has 0 aliphatic rings. The van der Waals surface area contributed by atoms with Gasteiger partial charge < -0.3 is 0 Å². The number of hydrogen-bond acceptors (Lipinski definition) is 4. The predicted octanol–water partition coefficient (Wildman–Crippen LogP) is 5.11. The van der Waals surface area contributed by atoms with Crippen LogP contribution in [0.4, 0.5) is 4.39 Å². The van der Waals surface area contributed by atoms with Gasteiger partial charge >= 0.3 is 0 Å². The highest BCUT2D eigenvalue weighted by Gasteiger charge is 2.22. The Labute approximate surface area is 158 Å². The number of Topliss-reactive ketones (excluding diaryl/α,β-unsaturated/α-hetero) is 1. The van der Waals surface area contributed by atoms with E-state index < -0.39 is 5.82 Å². The molecule has 0 spiro atoms. The Hall–Kier alpha value is -3.07. The second-order valence-corrected chi connectivity index (χ2v) is 6.24. The van der Waals surface area contributed by atoms with Crippen LogP contribution in [0.1, 0.15) is 61.6 Å². The van der Waals surface area contributed by atoms with Gasteiger partial charge in [0, 0.05) is 18.2 Å². The van der Waals surface area contributed by atoms with Crippen molar-refractivity contribution in [3.63, 3.8) is 0 Å². The van der Waals surface area contributed by atoms with Crippen molar-refractivity contribution in [3.8, 4) is 17.3 Å². The summed E-state index contributed by atoms with van der Waals surface area (Å²) in [6.07, 6.45) is 3.89. The lowest BCUT2D eigenvalue weighted by atomic mass is 9.99. The average Bonchev–Trinajstić information content (AvgIpc) is 3.03. The Kier molecular flexibility index (Phi) is 6.78. The maximum Gasteiger partial charge on any atom is 0.183 e. The Morgan fingerprint density at radius 3 is 2.63 bits per heavy atom. The first-order valence-corrected chi connectivity index (χ1v) is 9.05. The highest BCUT2D eigenvalue weighted by atomic mass is 19.1. The van der Waals surface area contributed by atoms with E-state index >= 15 is 0 Å². The molecule has 0 unspecified atom stereocenters. The zero-order valence-electron chi connectivity index (χ0n) is 16.1. The van der Waals surface area contributed by atoms with Gasteiger partial charge in [0.1, 0.15) is 23.3 Å². The van der Waals surface area contributed by atoms with Crippen molar-refractivity contribution in [2.75, 3.05) is 0 Å². The first-order valence-electron chi connectivity index (χ1n) is 9.05. The predicted molar refractivity (Wildman–Crippen MR) is 103 cm³/mol. The normalized spacial score (nSPS) is 10.2. The number of nitrogens with zero attached hydrogens (tertiary/aromatic N) is 4. The van der Waals surface area contributed by atoms with Crippen molar-refractivity contribution in [2.24, 2.45) is 0 Å². The topological polar surface area (TPSA) is 71.1 Å². The summed E-state index contributed by atoms with van der Waals surface area (Å²) in [7, 11) is 0. The number of hydrogen-bond donors (Lipinski definition) is 0. The van der Waals surface area contributed by atoms with Crippen molar-refractivity contribution in [1.29, 1.82) is 5.26 Å². The molecule has 0 atom stereocenters. The quantitative estimate of drug-likeness (QED) is 0.601. The molecule has 3 aromatic rings. The van der Waals surface area contributed by atoms with Gasteiger partial charge in [0.15, 0.2) is 11.4 Å². The second kappa shape index (κ2) is 9.04. The van der Waals surface area contributed by atoms with E-state index in [1.807, 2.05) is 13.0 Å². The molecule has 2 aromatic heterocycles. The molecule has 0 bridgehead atoms. The fraction of sp³-hybridized carbons (Fsp3) is 0.333. The third kappa shape index (κ3) is 4.20. The Balaban J connectivity index is 0.000000817. The van der Waals surface area contributed by atoms with Gasteiger partial charge in [0.05, 0.1) is 5.56 Å². The van der Waals surface area contributed by atoms with E-state index in [-0.39, 0.29) is 17.0 Å². The van der Waals surface area contributed by atoms with Crippen molar-refractivity contribution in [2.45, 2.75) is 47.0 Å². The van der Waals surface area contributed by atoms with Crippen LogP contribution in [-0.4, -0.2) is 20.4 Å². The number of rotatable bonds is 4. The fourth-order valence-electron chi connectivity index (χ4n) is 2.69. The zero-order valence-corrected chi connectivity index (χ0v) is 16.1. The first-order chi connectivity index (χ1) is 13.0. The standard InChI is InChI=1S/C18H15FN4O.C3H8/c1-3-5-15(24)17-18(23-16(22-17)6-4-7-21-23)13-9-14(19)12(10-20)8-11(13)2;1-3-2/h4,6-9H,3,5H2,1-2H3;3H2,1-2H3. The van der Waals surface area contributed by atoms with Crippen molar-refractivity contribution in [3.05, 3.63) is 53.1 Å². The molecule has 0 fully saturated rings. The molecular formula is C21H23FN4O. The number of carbonyl (C=O) groups excluding carboxylic acids is 1. The Bertz CT molecular complexity index is 1000. The van der Waals surface area contributed by atoms with E-state index in [1.54, 1.807) is 25.3 Å². The molecule has 0 aliphatic carbocycles. The number of carbonyl (C=O) groups is 1.